The molecule has 1 heterocycles. The number of hydrogen-bond acceptors (Lipinski definition) is 15. The molecule has 15 heteroatoms. The topological polar surface area (TPSA) is 239 Å². The van der Waals surface area contributed by atoms with Crippen molar-refractivity contribution in [3.8, 4) is 0 Å². The molecule has 1 saturated heterocycles. The van der Waals surface area contributed by atoms with Crippen LogP contribution in [0.25, 0.3) is 0 Å². The van der Waals surface area contributed by atoms with Crippen molar-refractivity contribution in [2.45, 2.75) is 269 Å². The van der Waals surface area contributed by atoms with E-state index in [1.165, 1.54) is 135 Å². The highest BCUT2D eigenvalue weighted by molar-refractivity contribution is 5.75. The van der Waals surface area contributed by atoms with Crippen molar-refractivity contribution in [2.75, 3.05) is 19.8 Å². The number of aliphatic hydroxyl groups excluding tert-OH is 6. The van der Waals surface area contributed by atoms with Gasteiger partial charge in [0.1, 0.15) is 24.4 Å². The lowest BCUT2D eigenvalue weighted by molar-refractivity contribution is -0.266. The monoisotopic (exact) mass is 935 g/mol. The molecule has 0 aromatic rings. The largest absolute Gasteiger partial charge is 0.394 e. The summed E-state index contributed by atoms with van der Waals surface area (Å²) in [5.74, 6) is -5.44. The Kier molecular flexibility index (Phi) is 43.7. The predicted octanol–water partition coefficient (Wildman–Crippen LogP) is 9.11. The van der Waals surface area contributed by atoms with Gasteiger partial charge in [0, 0.05) is 0 Å². The van der Waals surface area contributed by atoms with Crippen LogP contribution in [0.5, 0.6) is 0 Å². The van der Waals surface area contributed by atoms with E-state index < -0.39 is 66.9 Å². The van der Waals surface area contributed by atoms with Gasteiger partial charge in [0.2, 0.25) is 0 Å². The minimum Gasteiger partial charge on any atom is -0.394 e. The molecular formula is C50H94O15. The van der Waals surface area contributed by atoms with Gasteiger partial charge in [0.05, 0.1) is 51.1 Å². The standard InChI is InChI=1S/C48H90O14.C2H4O/c1-3-5-7-9-11-13-15-17-19-21-23-25-27-29-31-35-41(51)59-60-43(53)37-33-34-39(44(54)46(56)47(57)45(55)40(50)38-49)48(58)62-61-42(52)36-32-30-28-26-24-22-20-18-16-14-12-10-8-6-4-2;1-2-3-1/h39-40,44-47,49-50,54-57H,3-38H2,1-2H3;1-2H2/t39?,40-,44?,45+,46+,47-;/m0./s1. The van der Waals surface area contributed by atoms with Crippen LogP contribution in [-0.2, 0) is 43.5 Å². The number of aliphatic hydroxyl groups is 6. The SMILES string of the molecule is C1CO1.CCCCCCCCCCCCCCCCCC(=O)OOC(=O)CCCC(C(=O)OOC(=O)CCCCCCCCCCCCCCCCC)C(O)[C@@H](O)[C@@H](O)[C@H](O)[C@@H](O)CO. The van der Waals surface area contributed by atoms with E-state index in [2.05, 4.69) is 38.1 Å². The Labute approximate surface area is 391 Å². The fourth-order valence-electron chi connectivity index (χ4n) is 7.52. The normalized spacial score (nSPS) is 14.8. The molecule has 0 aromatic heterocycles. The number of rotatable bonds is 43. The summed E-state index contributed by atoms with van der Waals surface area (Å²) in [6.07, 6.45) is 23.9. The predicted molar refractivity (Wildman–Crippen MR) is 249 cm³/mol. The molecule has 0 radical (unpaired) electrons. The Morgan fingerprint density at radius 1 is 0.400 bits per heavy atom. The molecule has 0 amide bonds. The molecule has 1 aliphatic heterocycles. The second-order valence-electron chi connectivity index (χ2n) is 18.0. The van der Waals surface area contributed by atoms with Crippen LogP contribution in [-0.4, -0.2) is 105 Å². The molecule has 65 heavy (non-hydrogen) atoms. The molecule has 15 nitrogen and oxygen atoms in total. The second-order valence-corrected chi connectivity index (χ2v) is 18.0. The molecule has 0 aromatic carbocycles. The number of hydrogen-bond donors (Lipinski definition) is 6. The molecule has 2 unspecified atom stereocenters. The van der Waals surface area contributed by atoms with Crippen LogP contribution in [0.2, 0.25) is 0 Å². The Morgan fingerprint density at radius 2 is 0.677 bits per heavy atom. The fourth-order valence-corrected chi connectivity index (χ4v) is 7.52. The summed E-state index contributed by atoms with van der Waals surface area (Å²) in [5.41, 5.74) is 0. The quantitative estimate of drug-likeness (QED) is 0.0145. The van der Waals surface area contributed by atoms with Crippen molar-refractivity contribution < 1.29 is 74.1 Å². The Balaban J connectivity index is 0.0000130. The highest BCUT2D eigenvalue weighted by atomic mass is 17.2. The molecular weight excluding hydrogens is 841 g/mol. The molecule has 0 aliphatic carbocycles. The summed E-state index contributed by atoms with van der Waals surface area (Å²) in [4.78, 5) is 68.3. The van der Waals surface area contributed by atoms with Gasteiger partial charge < -0.3 is 35.4 Å². The van der Waals surface area contributed by atoms with Gasteiger partial charge in [0.15, 0.2) is 0 Å². The molecule has 0 saturated carbocycles. The minimum absolute atomic E-state index is 0.0185. The van der Waals surface area contributed by atoms with E-state index in [0.717, 1.165) is 58.2 Å². The zero-order valence-corrected chi connectivity index (χ0v) is 40.7. The molecule has 6 N–H and O–H groups in total. The first-order valence-corrected chi connectivity index (χ1v) is 25.9. The smallest absolute Gasteiger partial charge is 0.361 e. The third kappa shape index (κ3) is 39.3. The van der Waals surface area contributed by atoms with E-state index in [1.807, 2.05) is 0 Å². The van der Waals surface area contributed by atoms with Crippen LogP contribution >= 0.6 is 0 Å². The lowest BCUT2D eigenvalue weighted by Crippen LogP contribution is -2.52. The van der Waals surface area contributed by atoms with Crippen molar-refractivity contribution in [1.82, 2.24) is 0 Å². The summed E-state index contributed by atoms with van der Waals surface area (Å²) >= 11 is 0. The second kappa shape index (κ2) is 45.4. The number of ether oxygens (including phenoxy) is 1. The zero-order valence-electron chi connectivity index (χ0n) is 40.7. The van der Waals surface area contributed by atoms with Gasteiger partial charge in [-0.3, -0.25) is 0 Å². The third-order valence-corrected chi connectivity index (χ3v) is 11.9. The van der Waals surface area contributed by atoms with Gasteiger partial charge >= 0.3 is 23.9 Å². The maximum Gasteiger partial charge on any atom is 0.361 e. The van der Waals surface area contributed by atoms with E-state index in [4.69, 9.17) is 5.11 Å². The average Bonchev–Trinajstić information content (AvgIpc) is 4.20. The van der Waals surface area contributed by atoms with Gasteiger partial charge in [-0.05, 0) is 25.7 Å². The van der Waals surface area contributed by atoms with Gasteiger partial charge in [0.25, 0.3) is 0 Å². The Hall–Kier alpha value is -2.40. The summed E-state index contributed by atoms with van der Waals surface area (Å²) in [5, 5.41) is 60.5. The first-order chi connectivity index (χ1) is 31.5. The first kappa shape index (κ1) is 62.6. The van der Waals surface area contributed by atoms with E-state index in [0.29, 0.717) is 12.8 Å². The van der Waals surface area contributed by atoms with Crippen molar-refractivity contribution in [3.63, 3.8) is 0 Å². The van der Waals surface area contributed by atoms with Gasteiger partial charge in [-0.25, -0.2) is 38.7 Å². The number of epoxide rings is 1. The summed E-state index contributed by atoms with van der Waals surface area (Å²) in [6, 6.07) is 0. The maximum absolute atomic E-state index is 13.0. The number of carbonyl (C=O) groups excluding carboxylic acids is 4. The van der Waals surface area contributed by atoms with E-state index in [9.17, 15) is 44.7 Å². The van der Waals surface area contributed by atoms with Gasteiger partial charge in [-0.2, -0.15) is 0 Å². The maximum atomic E-state index is 13.0. The van der Waals surface area contributed by atoms with Crippen LogP contribution < -0.4 is 0 Å². The molecule has 0 bridgehead atoms. The lowest BCUT2D eigenvalue weighted by Gasteiger charge is -2.31. The Bertz CT molecular complexity index is 1120. The molecule has 6 atom stereocenters. The zero-order chi connectivity index (χ0) is 48.2. The lowest BCUT2D eigenvalue weighted by atomic mass is 9.88. The van der Waals surface area contributed by atoms with Crippen LogP contribution in [0.3, 0.4) is 0 Å². The van der Waals surface area contributed by atoms with Crippen LogP contribution in [0.15, 0.2) is 0 Å². The third-order valence-electron chi connectivity index (χ3n) is 11.9. The Morgan fingerprint density at radius 3 is 0.985 bits per heavy atom. The molecule has 384 valence electrons. The van der Waals surface area contributed by atoms with Crippen molar-refractivity contribution in [2.24, 2.45) is 5.92 Å². The molecule has 0 spiro atoms. The summed E-state index contributed by atoms with van der Waals surface area (Å²) < 4.78 is 4.50. The summed E-state index contributed by atoms with van der Waals surface area (Å²) in [6.45, 7) is 5.50. The highest BCUT2D eigenvalue weighted by Crippen LogP contribution is 2.23. The van der Waals surface area contributed by atoms with Crippen molar-refractivity contribution >= 4 is 23.9 Å². The highest BCUT2D eigenvalue weighted by Gasteiger charge is 2.41. The number of carbonyl (C=O) groups is 4. The average molecular weight is 935 g/mol. The van der Waals surface area contributed by atoms with Crippen LogP contribution in [0, 0.1) is 5.92 Å². The van der Waals surface area contributed by atoms with E-state index >= 15 is 0 Å². The van der Waals surface area contributed by atoms with Crippen molar-refractivity contribution in [3.05, 3.63) is 0 Å². The molecule has 1 rings (SSSR count). The molecule has 1 fully saturated rings. The minimum atomic E-state index is -2.23. The first-order valence-electron chi connectivity index (χ1n) is 25.9. The van der Waals surface area contributed by atoms with E-state index in [1.54, 1.807) is 0 Å². The van der Waals surface area contributed by atoms with E-state index in [-0.39, 0.29) is 32.1 Å². The number of unbranched alkanes of at least 4 members (excludes halogenated alkanes) is 28. The summed E-state index contributed by atoms with van der Waals surface area (Å²) in [7, 11) is 0. The van der Waals surface area contributed by atoms with Gasteiger partial charge in [-0.15, -0.1) is 0 Å². The molecule has 1 aliphatic rings. The van der Waals surface area contributed by atoms with Crippen LogP contribution in [0.1, 0.15) is 239 Å². The fraction of sp³-hybridized carbons (Fsp3) is 0.920. The van der Waals surface area contributed by atoms with Crippen LogP contribution in [0.4, 0.5) is 0 Å². The van der Waals surface area contributed by atoms with Gasteiger partial charge in [-0.1, -0.05) is 194 Å². The van der Waals surface area contributed by atoms with Crippen molar-refractivity contribution in [1.29, 1.82) is 0 Å².